The van der Waals surface area contributed by atoms with E-state index in [1.807, 2.05) is 68.4 Å². The summed E-state index contributed by atoms with van der Waals surface area (Å²) in [5, 5.41) is 6.14. The fraction of sp³-hybridized carbons (Fsp3) is 0.208. The van der Waals surface area contributed by atoms with Crippen molar-refractivity contribution in [2.45, 2.75) is 34.2 Å². The third-order valence-corrected chi connectivity index (χ3v) is 4.90. The molecule has 0 aliphatic heterocycles. The molecule has 5 nitrogen and oxygen atoms in total. The van der Waals surface area contributed by atoms with Gasteiger partial charge in [0.05, 0.1) is 12.2 Å². The number of aromatic nitrogens is 1. The maximum absolute atomic E-state index is 12.8. The van der Waals surface area contributed by atoms with Crippen LogP contribution in [0.1, 0.15) is 38.3 Å². The van der Waals surface area contributed by atoms with E-state index < -0.39 is 0 Å². The highest BCUT2D eigenvalue weighted by Crippen LogP contribution is 2.14. The fourth-order valence-electron chi connectivity index (χ4n) is 2.78. The lowest BCUT2D eigenvalue weighted by Crippen LogP contribution is -2.36. The Hall–Kier alpha value is -3.47. The number of amides is 1. The van der Waals surface area contributed by atoms with Gasteiger partial charge in [-0.15, -0.1) is 0 Å². The van der Waals surface area contributed by atoms with Crippen molar-refractivity contribution >= 4 is 17.6 Å². The summed E-state index contributed by atoms with van der Waals surface area (Å²) in [6, 6.07) is 17.4. The summed E-state index contributed by atoms with van der Waals surface area (Å²) in [5.74, 6) is 0.186. The smallest absolute Gasteiger partial charge is 0.257 e. The number of hydrogen-bond acceptors (Lipinski definition) is 3. The molecule has 0 fully saturated rings. The minimum absolute atomic E-state index is 0.204. The van der Waals surface area contributed by atoms with Crippen LogP contribution in [0, 0.1) is 27.7 Å². The maximum Gasteiger partial charge on any atom is 0.257 e. The summed E-state index contributed by atoms with van der Waals surface area (Å²) in [4.78, 5) is 21.6. The molecule has 2 aromatic carbocycles. The molecule has 1 heterocycles. The van der Waals surface area contributed by atoms with Crippen LogP contribution in [0.4, 0.5) is 5.69 Å². The quantitative estimate of drug-likeness (QED) is 0.504. The molecular formula is C24H26N4O. The third kappa shape index (κ3) is 5.51. The van der Waals surface area contributed by atoms with E-state index >= 15 is 0 Å². The number of nitrogens with one attached hydrogen (secondary N) is 2. The molecule has 0 aliphatic rings. The van der Waals surface area contributed by atoms with Gasteiger partial charge in [-0.2, -0.15) is 0 Å². The molecule has 0 bridgehead atoms. The van der Waals surface area contributed by atoms with Crippen molar-refractivity contribution in [3.8, 4) is 0 Å². The zero-order valence-electron chi connectivity index (χ0n) is 17.3. The second-order valence-electron chi connectivity index (χ2n) is 7.16. The molecule has 29 heavy (non-hydrogen) atoms. The number of nitrogens with zero attached hydrogens (tertiary/aromatic N) is 2. The number of benzene rings is 2. The van der Waals surface area contributed by atoms with Crippen molar-refractivity contribution in [2.75, 3.05) is 5.32 Å². The number of anilines is 1. The normalized spacial score (nSPS) is 11.2. The van der Waals surface area contributed by atoms with Gasteiger partial charge in [0.25, 0.3) is 5.91 Å². The Balaban J connectivity index is 1.83. The van der Waals surface area contributed by atoms with Gasteiger partial charge in [0.1, 0.15) is 0 Å². The summed E-state index contributed by atoms with van der Waals surface area (Å²) in [6.45, 7) is 8.50. The van der Waals surface area contributed by atoms with Crippen LogP contribution in [0.2, 0.25) is 0 Å². The largest absolute Gasteiger partial charge is 0.326 e. The van der Waals surface area contributed by atoms with Gasteiger partial charge >= 0.3 is 0 Å². The number of carbonyl (C=O) groups is 1. The molecule has 0 saturated carbocycles. The molecule has 0 unspecified atom stereocenters. The predicted molar refractivity (Wildman–Crippen MR) is 118 cm³/mol. The summed E-state index contributed by atoms with van der Waals surface area (Å²) >= 11 is 0. The topological polar surface area (TPSA) is 66.4 Å². The van der Waals surface area contributed by atoms with Gasteiger partial charge in [0, 0.05) is 17.4 Å². The van der Waals surface area contributed by atoms with Gasteiger partial charge in [-0.3, -0.25) is 15.1 Å². The van der Waals surface area contributed by atoms with Crippen LogP contribution in [-0.2, 0) is 6.54 Å². The van der Waals surface area contributed by atoms with E-state index in [0.29, 0.717) is 18.1 Å². The van der Waals surface area contributed by atoms with E-state index in [1.165, 1.54) is 11.1 Å². The first-order chi connectivity index (χ1) is 13.9. The van der Waals surface area contributed by atoms with Gasteiger partial charge in [-0.05, 0) is 86.3 Å². The predicted octanol–water partition coefficient (Wildman–Crippen LogP) is 4.71. The average Bonchev–Trinajstić information content (AvgIpc) is 2.71. The lowest BCUT2D eigenvalue weighted by molar-refractivity contribution is 0.0977. The van der Waals surface area contributed by atoms with Crippen molar-refractivity contribution in [3.63, 3.8) is 0 Å². The molecule has 0 radical (unpaired) electrons. The van der Waals surface area contributed by atoms with Crippen LogP contribution < -0.4 is 10.6 Å². The summed E-state index contributed by atoms with van der Waals surface area (Å²) in [7, 11) is 0. The molecule has 0 aliphatic carbocycles. The summed E-state index contributed by atoms with van der Waals surface area (Å²) < 4.78 is 0. The Kier molecular flexibility index (Phi) is 6.39. The number of carbonyl (C=O) groups excluding carboxylic acids is 1. The molecule has 2 N–H and O–H groups in total. The van der Waals surface area contributed by atoms with E-state index in [9.17, 15) is 4.79 Å². The van der Waals surface area contributed by atoms with Crippen LogP contribution in [0.3, 0.4) is 0 Å². The Morgan fingerprint density at radius 2 is 1.62 bits per heavy atom. The highest BCUT2D eigenvalue weighted by atomic mass is 16.1. The monoisotopic (exact) mass is 386 g/mol. The van der Waals surface area contributed by atoms with E-state index in [4.69, 9.17) is 0 Å². The molecule has 1 amide bonds. The number of pyridine rings is 1. The molecule has 0 spiro atoms. The minimum atomic E-state index is -0.204. The van der Waals surface area contributed by atoms with E-state index in [2.05, 4.69) is 34.5 Å². The van der Waals surface area contributed by atoms with Crippen molar-refractivity contribution < 1.29 is 4.79 Å². The van der Waals surface area contributed by atoms with E-state index in [-0.39, 0.29) is 5.91 Å². The van der Waals surface area contributed by atoms with Crippen LogP contribution in [-0.4, -0.2) is 16.9 Å². The van der Waals surface area contributed by atoms with Crippen LogP contribution in [0.15, 0.2) is 65.8 Å². The van der Waals surface area contributed by atoms with Gasteiger partial charge < -0.3 is 5.32 Å². The Morgan fingerprint density at radius 3 is 2.28 bits per heavy atom. The van der Waals surface area contributed by atoms with Gasteiger partial charge in [0.2, 0.25) is 5.96 Å². The molecule has 3 rings (SSSR count). The van der Waals surface area contributed by atoms with Crippen molar-refractivity contribution in [1.29, 1.82) is 0 Å². The molecule has 3 aromatic rings. The Bertz CT molecular complexity index is 1040. The number of rotatable bonds is 4. The fourth-order valence-corrected chi connectivity index (χ4v) is 2.78. The Morgan fingerprint density at radius 1 is 0.897 bits per heavy atom. The highest BCUT2D eigenvalue weighted by molar-refractivity contribution is 6.10. The zero-order valence-corrected chi connectivity index (χ0v) is 17.3. The first-order valence-corrected chi connectivity index (χ1v) is 9.59. The third-order valence-electron chi connectivity index (χ3n) is 4.90. The maximum atomic E-state index is 12.8. The van der Waals surface area contributed by atoms with E-state index in [1.54, 1.807) is 6.20 Å². The first-order valence-electron chi connectivity index (χ1n) is 9.59. The first kappa shape index (κ1) is 20.3. The van der Waals surface area contributed by atoms with Gasteiger partial charge in [-0.1, -0.05) is 18.2 Å². The second kappa shape index (κ2) is 9.15. The summed E-state index contributed by atoms with van der Waals surface area (Å²) in [6.07, 6.45) is 1.73. The molecular weight excluding hydrogens is 360 g/mol. The number of hydrogen-bond donors (Lipinski definition) is 2. The number of guanidine groups is 1. The second-order valence-corrected chi connectivity index (χ2v) is 7.16. The van der Waals surface area contributed by atoms with Crippen molar-refractivity contribution in [1.82, 2.24) is 10.3 Å². The number of aliphatic imine (C=N–C) groups is 1. The van der Waals surface area contributed by atoms with Crippen LogP contribution in [0.25, 0.3) is 0 Å². The minimum Gasteiger partial charge on any atom is -0.326 e. The SMILES string of the molecule is Cc1ccc(NC(=NCc2ccccn2)NC(=O)c2ccc(C)c(C)c2)cc1C. The summed E-state index contributed by atoms with van der Waals surface area (Å²) in [5.41, 5.74) is 6.90. The number of aryl methyl sites for hydroxylation is 4. The van der Waals surface area contributed by atoms with E-state index in [0.717, 1.165) is 22.5 Å². The molecule has 0 atom stereocenters. The standard InChI is InChI=1S/C24H26N4O/c1-16-8-10-20(13-18(16)3)23(29)28-24(26-15-22-7-5-6-12-25-22)27-21-11-9-17(2)19(4)14-21/h5-14H,15H2,1-4H3,(H2,26,27,28,29). The average molecular weight is 386 g/mol. The highest BCUT2D eigenvalue weighted by Gasteiger charge is 2.11. The zero-order chi connectivity index (χ0) is 20.8. The lowest BCUT2D eigenvalue weighted by Gasteiger charge is -2.13. The molecule has 5 heteroatoms. The van der Waals surface area contributed by atoms with Crippen LogP contribution in [0.5, 0.6) is 0 Å². The lowest BCUT2D eigenvalue weighted by atomic mass is 10.1. The van der Waals surface area contributed by atoms with Gasteiger partial charge in [-0.25, -0.2) is 4.99 Å². The Labute approximate surface area is 171 Å². The molecule has 148 valence electrons. The van der Waals surface area contributed by atoms with Crippen LogP contribution >= 0.6 is 0 Å². The van der Waals surface area contributed by atoms with Crippen molar-refractivity contribution in [3.05, 3.63) is 94.3 Å². The molecule has 1 aromatic heterocycles. The van der Waals surface area contributed by atoms with Gasteiger partial charge in [0.15, 0.2) is 0 Å². The van der Waals surface area contributed by atoms with Crippen molar-refractivity contribution in [2.24, 2.45) is 4.99 Å². The molecule has 0 saturated heterocycles.